The van der Waals surface area contributed by atoms with Gasteiger partial charge in [0.15, 0.2) is 5.16 Å². The van der Waals surface area contributed by atoms with Gasteiger partial charge in [0.25, 0.3) is 5.56 Å². The van der Waals surface area contributed by atoms with Crippen LogP contribution in [-0.2, 0) is 12.3 Å². The summed E-state index contributed by atoms with van der Waals surface area (Å²) in [5.41, 5.74) is 2.83. The molecule has 0 aliphatic carbocycles. The van der Waals surface area contributed by atoms with Crippen LogP contribution < -0.4 is 5.56 Å². The van der Waals surface area contributed by atoms with E-state index in [0.29, 0.717) is 28.4 Å². The molecule has 4 rings (SSSR count). The number of thioether (sulfide) groups is 1. The lowest BCUT2D eigenvalue weighted by Crippen LogP contribution is -2.23. The fraction of sp³-hybridized carbons (Fsp3) is 0.250. The maximum absolute atomic E-state index is 13.8. The second kappa shape index (κ2) is 7.15. The van der Waals surface area contributed by atoms with Crippen LogP contribution in [0.3, 0.4) is 0 Å². The third kappa shape index (κ3) is 3.12. The standard InChI is InChI=1S/C20H19FN4OS/c1-3-10-24-18(26)16-11-15(21)8-9-17(16)25-19(24)22-23-20(25)27-12-14-7-5-4-6-13(14)2/h4-9,11H,3,10,12H2,1-2H3. The SMILES string of the molecule is CCCn1c(=O)c2cc(F)ccc2n2c(SCc3ccccc3C)nnc12. The van der Waals surface area contributed by atoms with Gasteiger partial charge in [0.05, 0.1) is 10.9 Å². The highest BCUT2D eigenvalue weighted by molar-refractivity contribution is 7.98. The van der Waals surface area contributed by atoms with Crippen molar-refractivity contribution in [3.63, 3.8) is 0 Å². The fourth-order valence-corrected chi connectivity index (χ4v) is 4.21. The second-order valence-electron chi connectivity index (χ2n) is 6.45. The Morgan fingerprint density at radius 3 is 2.74 bits per heavy atom. The van der Waals surface area contributed by atoms with E-state index in [1.807, 2.05) is 23.5 Å². The van der Waals surface area contributed by atoms with Gasteiger partial charge in [-0.05, 0) is 42.7 Å². The molecule has 0 N–H and O–H groups in total. The second-order valence-corrected chi connectivity index (χ2v) is 7.39. The average molecular weight is 382 g/mol. The molecule has 0 amide bonds. The smallest absolute Gasteiger partial charge is 0.262 e. The maximum Gasteiger partial charge on any atom is 0.262 e. The van der Waals surface area contributed by atoms with Gasteiger partial charge in [-0.1, -0.05) is 43.0 Å². The van der Waals surface area contributed by atoms with Crippen LogP contribution in [0.5, 0.6) is 0 Å². The molecular formula is C20H19FN4OS. The first-order chi connectivity index (χ1) is 13.1. The summed E-state index contributed by atoms with van der Waals surface area (Å²) in [5, 5.41) is 9.62. The Hall–Kier alpha value is -2.67. The Kier molecular flexibility index (Phi) is 4.70. The van der Waals surface area contributed by atoms with E-state index < -0.39 is 5.82 Å². The summed E-state index contributed by atoms with van der Waals surface area (Å²) in [6, 6.07) is 12.5. The number of benzene rings is 2. The molecule has 0 spiro atoms. The van der Waals surface area contributed by atoms with Crippen LogP contribution in [-0.4, -0.2) is 19.2 Å². The molecule has 0 aliphatic heterocycles. The van der Waals surface area contributed by atoms with E-state index in [1.54, 1.807) is 22.4 Å². The molecule has 0 saturated heterocycles. The molecule has 0 unspecified atom stereocenters. The van der Waals surface area contributed by atoms with Crippen molar-refractivity contribution in [3.05, 3.63) is 69.8 Å². The molecule has 0 atom stereocenters. The molecule has 2 aromatic heterocycles. The first kappa shape index (κ1) is 17.7. The van der Waals surface area contributed by atoms with Gasteiger partial charge in [-0.25, -0.2) is 4.39 Å². The van der Waals surface area contributed by atoms with E-state index in [4.69, 9.17) is 0 Å². The molecule has 0 aliphatic rings. The molecule has 138 valence electrons. The number of fused-ring (bicyclic) bond motifs is 3. The minimum Gasteiger partial charge on any atom is -0.276 e. The van der Waals surface area contributed by atoms with Gasteiger partial charge in [0.1, 0.15) is 5.82 Å². The summed E-state index contributed by atoms with van der Waals surface area (Å²) in [4.78, 5) is 12.8. The summed E-state index contributed by atoms with van der Waals surface area (Å²) < 4.78 is 17.2. The highest BCUT2D eigenvalue weighted by Gasteiger charge is 2.17. The molecule has 0 bridgehead atoms. The quantitative estimate of drug-likeness (QED) is 0.486. The molecule has 2 heterocycles. The topological polar surface area (TPSA) is 52.2 Å². The summed E-state index contributed by atoms with van der Waals surface area (Å²) >= 11 is 1.56. The van der Waals surface area contributed by atoms with Gasteiger partial charge >= 0.3 is 0 Å². The average Bonchev–Trinajstić information content (AvgIpc) is 3.08. The lowest BCUT2D eigenvalue weighted by Gasteiger charge is -2.11. The van der Waals surface area contributed by atoms with Crippen LogP contribution in [0.25, 0.3) is 16.7 Å². The van der Waals surface area contributed by atoms with E-state index in [0.717, 1.165) is 12.2 Å². The third-order valence-corrected chi connectivity index (χ3v) is 5.58. The van der Waals surface area contributed by atoms with Crippen LogP contribution in [0.2, 0.25) is 0 Å². The van der Waals surface area contributed by atoms with Crippen molar-refractivity contribution in [2.45, 2.75) is 37.7 Å². The predicted molar refractivity (Wildman–Crippen MR) is 106 cm³/mol. The summed E-state index contributed by atoms with van der Waals surface area (Å²) in [5.74, 6) is 0.806. The number of halogens is 1. The van der Waals surface area contributed by atoms with Gasteiger partial charge in [-0.15, -0.1) is 10.2 Å². The van der Waals surface area contributed by atoms with Crippen molar-refractivity contribution in [3.8, 4) is 0 Å². The maximum atomic E-state index is 13.8. The molecule has 4 aromatic rings. The van der Waals surface area contributed by atoms with Crippen molar-refractivity contribution in [2.75, 3.05) is 0 Å². The largest absolute Gasteiger partial charge is 0.276 e. The van der Waals surface area contributed by atoms with Crippen molar-refractivity contribution in [1.82, 2.24) is 19.2 Å². The van der Waals surface area contributed by atoms with E-state index in [9.17, 15) is 9.18 Å². The zero-order valence-corrected chi connectivity index (χ0v) is 16.0. The number of nitrogens with zero attached hydrogens (tertiary/aromatic N) is 4. The number of aromatic nitrogens is 4. The fourth-order valence-electron chi connectivity index (χ4n) is 3.19. The van der Waals surface area contributed by atoms with Crippen molar-refractivity contribution >= 4 is 28.4 Å². The van der Waals surface area contributed by atoms with Gasteiger partial charge in [-0.2, -0.15) is 0 Å². The van der Waals surface area contributed by atoms with Crippen LogP contribution in [0.15, 0.2) is 52.4 Å². The van der Waals surface area contributed by atoms with Gasteiger partial charge in [0, 0.05) is 12.3 Å². The van der Waals surface area contributed by atoms with Gasteiger partial charge < -0.3 is 0 Å². The summed E-state index contributed by atoms with van der Waals surface area (Å²) in [6.45, 7) is 4.58. The molecule has 5 nitrogen and oxygen atoms in total. The van der Waals surface area contributed by atoms with Gasteiger partial charge in [0.2, 0.25) is 5.78 Å². The van der Waals surface area contributed by atoms with Crippen molar-refractivity contribution < 1.29 is 4.39 Å². The Morgan fingerprint density at radius 2 is 1.96 bits per heavy atom. The highest BCUT2D eigenvalue weighted by Crippen LogP contribution is 2.26. The molecule has 27 heavy (non-hydrogen) atoms. The number of hydrogen-bond donors (Lipinski definition) is 0. The summed E-state index contributed by atoms with van der Waals surface area (Å²) in [7, 11) is 0. The minimum absolute atomic E-state index is 0.235. The van der Waals surface area contributed by atoms with Gasteiger partial charge in [-0.3, -0.25) is 13.8 Å². The molecule has 2 aromatic carbocycles. The highest BCUT2D eigenvalue weighted by atomic mass is 32.2. The Bertz CT molecular complexity index is 1200. The van der Waals surface area contributed by atoms with E-state index in [1.165, 1.54) is 23.3 Å². The Balaban J connectivity index is 1.89. The van der Waals surface area contributed by atoms with Crippen molar-refractivity contribution in [2.24, 2.45) is 0 Å². The zero-order valence-electron chi connectivity index (χ0n) is 15.1. The molecule has 7 heteroatoms. The predicted octanol–water partition coefficient (Wildman–Crippen LogP) is 4.19. The van der Waals surface area contributed by atoms with E-state index in [2.05, 4.69) is 29.3 Å². The van der Waals surface area contributed by atoms with Crippen LogP contribution in [0.4, 0.5) is 4.39 Å². The lowest BCUT2D eigenvalue weighted by atomic mass is 10.1. The minimum atomic E-state index is -0.427. The Labute approximate surface area is 159 Å². The van der Waals surface area contributed by atoms with Crippen molar-refractivity contribution in [1.29, 1.82) is 0 Å². The van der Waals surface area contributed by atoms with E-state index >= 15 is 0 Å². The number of hydrogen-bond acceptors (Lipinski definition) is 4. The van der Waals surface area contributed by atoms with E-state index in [-0.39, 0.29) is 5.56 Å². The molecular weight excluding hydrogens is 363 g/mol. The number of rotatable bonds is 5. The zero-order chi connectivity index (χ0) is 19.0. The molecule has 0 saturated carbocycles. The third-order valence-electron chi connectivity index (χ3n) is 4.60. The lowest BCUT2D eigenvalue weighted by molar-refractivity contribution is 0.627. The molecule has 0 radical (unpaired) electrons. The first-order valence-electron chi connectivity index (χ1n) is 8.84. The number of aryl methyl sites for hydroxylation is 2. The van der Waals surface area contributed by atoms with Crippen LogP contribution in [0.1, 0.15) is 24.5 Å². The Morgan fingerprint density at radius 1 is 1.15 bits per heavy atom. The van der Waals surface area contributed by atoms with Crippen LogP contribution in [0, 0.1) is 12.7 Å². The van der Waals surface area contributed by atoms with Crippen LogP contribution >= 0.6 is 11.8 Å². The summed E-state index contributed by atoms with van der Waals surface area (Å²) in [6.07, 6.45) is 0.773. The normalized spacial score (nSPS) is 11.5. The molecule has 0 fully saturated rings. The first-order valence-corrected chi connectivity index (χ1v) is 9.83. The monoisotopic (exact) mass is 382 g/mol.